The van der Waals surface area contributed by atoms with Gasteiger partial charge in [-0.2, -0.15) is 0 Å². The van der Waals surface area contributed by atoms with Crippen molar-refractivity contribution >= 4 is 21.8 Å². The summed E-state index contributed by atoms with van der Waals surface area (Å²) in [5, 5.41) is 9.66. The number of nitrogens with zero attached hydrogens (tertiary/aromatic N) is 2. The van der Waals surface area contributed by atoms with E-state index in [0.717, 1.165) is 13.1 Å². The highest BCUT2D eigenvalue weighted by atomic mass is 79.9. The number of likely N-dealkylation sites (N-methyl/N-ethyl adjacent to an activating group) is 1. The van der Waals surface area contributed by atoms with Crippen LogP contribution in [-0.2, 0) is 0 Å². The molecule has 1 fully saturated rings. The van der Waals surface area contributed by atoms with Crippen molar-refractivity contribution < 1.29 is 9.90 Å². The maximum Gasteiger partial charge on any atom is 0.254 e. The second-order valence-corrected chi connectivity index (χ2v) is 6.24. The van der Waals surface area contributed by atoms with E-state index in [1.54, 1.807) is 12.1 Å². The molecule has 0 spiro atoms. The highest BCUT2D eigenvalue weighted by molar-refractivity contribution is 9.10. The molecule has 1 amide bonds. The third kappa shape index (κ3) is 2.92. The number of halogens is 1. The van der Waals surface area contributed by atoms with Gasteiger partial charge in [0.2, 0.25) is 0 Å². The molecule has 1 heterocycles. The molecule has 4 nitrogen and oxygen atoms in total. The molecule has 2 unspecified atom stereocenters. The fourth-order valence-electron chi connectivity index (χ4n) is 2.62. The van der Waals surface area contributed by atoms with Crippen molar-refractivity contribution in [2.75, 3.05) is 27.2 Å². The van der Waals surface area contributed by atoms with Crippen molar-refractivity contribution in [3.05, 3.63) is 28.2 Å². The average Bonchev–Trinajstić information content (AvgIpc) is 2.74. The second kappa shape index (κ2) is 5.51. The van der Waals surface area contributed by atoms with Crippen LogP contribution >= 0.6 is 15.9 Å². The van der Waals surface area contributed by atoms with Gasteiger partial charge in [-0.1, -0.05) is 6.92 Å². The number of carbonyl (C=O) groups is 1. The number of phenols is 1. The fraction of sp³-hybridized carbons (Fsp3) is 0.500. The third-order valence-electron chi connectivity index (χ3n) is 3.72. The molecule has 5 heteroatoms. The van der Waals surface area contributed by atoms with Gasteiger partial charge in [-0.05, 0) is 54.1 Å². The van der Waals surface area contributed by atoms with E-state index in [0.29, 0.717) is 22.0 Å². The lowest BCUT2D eigenvalue weighted by Gasteiger charge is -2.22. The minimum Gasteiger partial charge on any atom is -0.507 e. The molecule has 1 aromatic carbocycles. The van der Waals surface area contributed by atoms with Crippen molar-refractivity contribution in [1.82, 2.24) is 9.80 Å². The molecule has 0 bridgehead atoms. The van der Waals surface area contributed by atoms with E-state index >= 15 is 0 Å². The molecule has 2 atom stereocenters. The van der Waals surface area contributed by atoms with Crippen LogP contribution in [0.4, 0.5) is 0 Å². The minimum atomic E-state index is -0.0148. The van der Waals surface area contributed by atoms with Crippen LogP contribution in [0.25, 0.3) is 0 Å². The van der Waals surface area contributed by atoms with Crippen molar-refractivity contribution in [3.63, 3.8) is 0 Å². The molecular formula is C14H19BrN2O2. The van der Waals surface area contributed by atoms with Crippen LogP contribution in [0, 0.1) is 5.92 Å². The Morgan fingerprint density at radius 1 is 1.42 bits per heavy atom. The first-order valence-electron chi connectivity index (χ1n) is 6.34. The molecule has 1 aliphatic heterocycles. The summed E-state index contributed by atoms with van der Waals surface area (Å²) >= 11 is 3.22. The van der Waals surface area contributed by atoms with E-state index in [-0.39, 0.29) is 11.7 Å². The number of aromatic hydroxyl groups is 1. The van der Waals surface area contributed by atoms with Crippen LogP contribution in [-0.4, -0.2) is 54.0 Å². The summed E-state index contributed by atoms with van der Waals surface area (Å²) in [5.41, 5.74) is 0.535. The first-order valence-corrected chi connectivity index (χ1v) is 7.13. The molecule has 1 aromatic rings. The van der Waals surface area contributed by atoms with Crippen LogP contribution in [0.5, 0.6) is 5.75 Å². The van der Waals surface area contributed by atoms with E-state index in [4.69, 9.17) is 0 Å². The quantitative estimate of drug-likeness (QED) is 0.905. The summed E-state index contributed by atoms with van der Waals surface area (Å²) in [6.45, 7) is 3.67. The summed E-state index contributed by atoms with van der Waals surface area (Å²) in [5.74, 6) is 0.546. The maximum absolute atomic E-state index is 12.4. The molecule has 1 aliphatic rings. The number of benzene rings is 1. The predicted molar refractivity (Wildman–Crippen MR) is 78.3 cm³/mol. The molecule has 0 saturated carbocycles. The van der Waals surface area contributed by atoms with Gasteiger partial charge < -0.3 is 14.9 Å². The topological polar surface area (TPSA) is 43.8 Å². The van der Waals surface area contributed by atoms with Gasteiger partial charge in [0.15, 0.2) is 0 Å². The maximum atomic E-state index is 12.4. The first kappa shape index (κ1) is 14.3. The van der Waals surface area contributed by atoms with Gasteiger partial charge in [0.1, 0.15) is 5.75 Å². The Morgan fingerprint density at radius 2 is 2.11 bits per heavy atom. The van der Waals surface area contributed by atoms with Crippen molar-refractivity contribution in [3.8, 4) is 5.75 Å². The van der Waals surface area contributed by atoms with E-state index in [1.165, 1.54) is 6.07 Å². The summed E-state index contributed by atoms with van der Waals surface area (Å²) in [4.78, 5) is 16.4. The largest absolute Gasteiger partial charge is 0.507 e. The molecule has 2 rings (SSSR count). The molecule has 0 aromatic heterocycles. The Kier molecular flexibility index (Phi) is 4.16. The number of hydrogen-bond acceptors (Lipinski definition) is 3. The van der Waals surface area contributed by atoms with Crippen LogP contribution in [0.2, 0.25) is 0 Å². The zero-order valence-corrected chi connectivity index (χ0v) is 13.0. The molecule has 1 N–H and O–H groups in total. The molecular weight excluding hydrogens is 308 g/mol. The first-order chi connectivity index (χ1) is 8.90. The van der Waals surface area contributed by atoms with Crippen molar-refractivity contribution in [1.29, 1.82) is 0 Å². The van der Waals surface area contributed by atoms with Gasteiger partial charge in [0.05, 0.1) is 4.47 Å². The summed E-state index contributed by atoms with van der Waals surface area (Å²) in [6, 6.07) is 5.35. The fourth-order valence-corrected chi connectivity index (χ4v) is 2.86. The Labute approximate surface area is 122 Å². The minimum absolute atomic E-state index is 0.0148. The van der Waals surface area contributed by atoms with Gasteiger partial charge in [-0.25, -0.2) is 0 Å². The van der Waals surface area contributed by atoms with Crippen LogP contribution in [0.15, 0.2) is 22.7 Å². The van der Waals surface area contributed by atoms with Crippen molar-refractivity contribution in [2.45, 2.75) is 13.0 Å². The lowest BCUT2D eigenvalue weighted by Crippen LogP contribution is -2.35. The Hall–Kier alpha value is -1.07. The molecule has 19 heavy (non-hydrogen) atoms. The smallest absolute Gasteiger partial charge is 0.254 e. The second-order valence-electron chi connectivity index (χ2n) is 5.38. The van der Waals surface area contributed by atoms with E-state index < -0.39 is 0 Å². The molecule has 1 saturated heterocycles. The van der Waals surface area contributed by atoms with Crippen LogP contribution < -0.4 is 0 Å². The Morgan fingerprint density at radius 3 is 2.63 bits per heavy atom. The SMILES string of the molecule is CC1CN(C(=O)c2ccc(Br)c(O)c2)CC1N(C)C. The number of hydrogen-bond donors (Lipinski definition) is 1. The summed E-state index contributed by atoms with van der Waals surface area (Å²) in [6.07, 6.45) is 0. The highest BCUT2D eigenvalue weighted by Crippen LogP contribution is 2.27. The number of carbonyl (C=O) groups excluding carboxylic acids is 1. The number of rotatable bonds is 2. The van der Waals surface area contributed by atoms with Gasteiger partial charge in [0, 0.05) is 24.7 Å². The lowest BCUT2D eigenvalue weighted by atomic mass is 10.1. The number of likely N-dealkylation sites (tertiary alicyclic amines) is 1. The predicted octanol–water partition coefficient (Wildman–Crippen LogP) is 2.18. The van der Waals surface area contributed by atoms with E-state index in [9.17, 15) is 9.90 Å². The summed E-state index contributed by atoms with van der Waals surface area (Å²) in [7, 11) is 4.08. The normalized spacial score (nSPS) is 23.1. The van der Waals surface area contributed by atoms with Gasteiger partial charge in [0.25, 0.3) is 5.91 Å². The molecule has 0 radical (unpaired) electrons. The van der Waals surface area contributed by atoms with E-state index in [2.05, 4.69) is 27.8 Å². The van der Waals surface area contributed by atoms with Gasteiger partial charge >= 0.3 is 0 Å². The van der Waals surface area contributed by atoms with Crippen molar-refractivity contribution in [2.24, 2.45) is 5.92 Å². The summed E-state index contributed by atoms with van der Waals surface area (Å²) < 4.78 is 0.602. The Balaban J connectivity index is 2.15. The molecule has 104 valence electrons. The zero-order chi connectivity index (χ0) is 14.2. The monoisotopic (exact) mass is 326 g/mol. The Bertz CT molecular complexity index is 490. The van der Waals surface area contributed by atoms with Crippen LogP contribution in [0.1, 0.15) is 17.3 Å². The van der Waals surface area contributed by atoms with Gasteiger partial charge in [-0.3, -0.25) is 4.79 Å². The zero-order valence-electron chi connectivity index (χ0n) is 11.4. The average molecular weight is 327 g/mol. The van der Waals surface area contributed by atoms with Crippen LogP contribution in [0.3, 0.4) is 0 Å². The molecule has 0 aliphatic carbocycles. The highest BCUT2D eigenvalue weighted by Gasteiger charge is 2.34. The van der Waals surface area contributed by atoms with E-state index in [1.807, 2.05) is 19.0 Å². The number of amides is 1. The van der Waals surface area contributed by atoms with Gasteiger partial charge in [-0.15, -0.1) is 0 Å². The third-order valence-corrected chi connectivity index (χ3v) is 4.39. The number of phenolic OH excluding ortho intramolecular Hbond substituents is 1. The standard InChI is InChI=1S/C14H19BrN2O2/c1-9-7-17(8-12(9)16(2)3)14(19)10-4-5-11(15)13(18)6-10/h4-6,9,12,18H,7-8H2,1-3H3. The lowest BCUT2D eigenvalue weighted by molar-refractivity contribution is 0.0781.